The van der Waals surface area contributed by atoms with Crippen LogP contribution in [-0.4, -0.2) is 54.1 Å². The Morgan fingerprint density at radius 1 is 0.897 bits per heavy atom. The van der Waals surface area contributed by atoms with Crippen molar-refractivity contribution in [2.45, 2.75) is 27.3 Å². The van der Waals surface area contributed by atoms with Crippen molar-refractivity contribution in [1.82, 2.24) is 15.6 Å². The van der Waals surface area contributed by atoms with Crippen LogP contribution < -0.4 is 16.6 Å². The Labute approximate surface area is 233 Å². The largest absolute Gasteiger partial charge is 0.462 e. The van der Waals surface area contributed by atoms with E-state index >= 15 is 0 Å². The normalized spacial score (nSPS) is 12.8. The van der Waals surface area contributed by atoms with Crippen molar-refractivity contribution in [3.63, 3.8) is 0 Å². The Morgan fingerprint density at radius 2 is 1.56 bits per heavy atom. The maximum absolute atomic E-state index is 13.9. The molecule has 3 N–H and O–H groups in total. The second kappa shape index (κ2) is 13.7. The van der Waals surface area contributed by atoms with Crippen molar-refractivity contribution in [2.75, 3.05) is 37.7 Å². The number of pyridine rings is 1. The third kappa shape index (κ3) is 6.21. The number of thiophene rings is 1. The molecule has 39 heavy (non-hydrogen) atoms. The highest BCUT2D eigenvalue weighted by Gasteiger charge is 2.30. The number of benzene rings is 2. The zero-order valence-corrected chi connectivity index (χ0v) is 23.6. The number of esters is 1. The number of nitrogens with zero attached hydrogens (tertiary/aromatic N) is 3. The van der Waals surface area contributed by atoms with E-state index in [0.717, 1.165) is 16.5 Å². The fraction of sp³-hybridized carbons (Fsp3) is 0.300. The van der Waals surface area contributed by atoms with Gasteiger partial charge in [0.1, 0.15) is 5.56 Å². The van der Waals surface area contributed by atoms with Crippen molar-refractivity contribution in [1.29, 1.82) is 0 Å². The topological polar surface area (TPSA) is 107 Å². The lowest BCUT2D eigenvalue weighted by molar-refractivity contribution is 0.0523. The first-order valence-electron chi connectivity index (χ1n) is 13.0. The molecule has 8 nitrogen and oxygen atoms in total. The van der Waals surface area contributed by atoms with Gasteiger partial charge in [0.2, 0.25) is 0 Å². The Hall–Kier alpha value is -3.95. The van der Waals surface area contributed by atoms with Gasteiger partial charge in [0.05, 0.1) is 29.2 Å². The van der Waals surface area contributed by atoms with Gasteiger partial charge >= 0.3 is 5.97 Å². The van der Waals surface area contributed by atoms with Crippen LogP contribution in [0.15, 0.2) is 76.9 Å². The van der Waals surface area contributed by atoms with Crippen molar-refractivity contribution < 1.29 is 14.3 Å². The molecule has 0 aliphatic carbocycles. The van der Waals surface area contributed by atoms with Gasteiger partial charge in [-0.3, -0.25) is 9.59 Å². The molecule has 1 saturated heterocycles. The van der Waals surface area contributed by atoms with E-state index in [1.54, 1.807) is 11.5 Å². The second-order valence-electron chi connectivity index (χ2n) is 8.59. The number of para-hydroxylation sites is 1. The molecule has 9 heteroatoms. The average Bonchev–Trinajstić information content (AvgIpc) is 3.51. The number of piperazine rings is 1. The SMILES string of the molecule is CC.CCOC(=O)c1c(N2CCN(C(=O)c3cccs3)CC2)c2ccccc2n(Cc2ccccc2)c1=O.N. The smallest absolute Gasteiger partial charge is 0.345 e. The first kappa shape index (κ1) is 29.6. The standard InChI is InChI=1S/C28H27N3O4S.C2H6.H3N/c1-2-35-28(34)24-25(29-14-16-30(17-15-29)26(32)23-13-8-18-36-23)21-11-6-7-12-22(21)31(27(24)33)19-20-9-4-3-5-10-20;1-2;/h3-13,18H,2,14-17,19H2,1H3;1-2H3;1H3. The van der Waals surface area contributed by atoms with Gasteiger partial charge in [-0.2, -0.15) is 0 Å². The number of aromatic nitrogens is 1. The number of fused-ring (bicyclic) bond motifs is 1. The molecule has 0 spiro atoms. The van der Waals surface area contributed by atoms with E-state index in [1.807, 2.05) is 95.8 Å². The molecule has 1 fully saturated rings. The molecule has 0 atom stereocenters. The van der Waals surface area contributed by atoms with Crippen LogP contribution in [0.1, 0.15) is 46.4 Å². The van der Waals surface area contributed by atoms with Crippen LogP contribution in [0.2, 0.25) is 0 Å². The molecule has 2 aromatic heterocycles. The van der Waals surface area contributed by atoms with Crippen LogP contribution in [0.4, 0.5) is 5.69 Å². The molecule has 4 aromatic rings. The molecule has 5 rings (SSSR count). The summed E-state index contributed by atoms with van der Waals surface area (Å²) in [7, 11) is 0. The van der Waals surface area contributed by atoms with Crippen LogP contribution in [0.25, 0.3) is 10.9 Å². The number of hydrogen-bond acceptors (Lipinski definition) is 7. The van der Waals surface area contributed by atoms with Gasteiger partial charge in [-0.15, -0.1) is 11.3 Å². The third-order valence-corrected chi connectivity index (χ3v) is 7.28. The Balaban J connectivity index is 0.00000137. The lowest BCUT2D eigenvalue weighted by Gasteiger charge is -2.37. The highest BCUT2D eigenvalue weighted by molar-refractivity contribution is 7.12. The van der Waals surface area contributed by atoms with E-state index in [4.69, 9.17) is 4.74 Å². The van der Waals surface area contributed by atoms with Crippen LogP contribution in [0.5, 0.6) is 0 Å². The highest BCUT2D eigenvalue weighted by Crippen LogP contribution is 2.31. The molecule has 3 heterocycles. The first-order valence-corrected chi connectivity index (χ1v) is 13.9. The predicted octanol–water partition coefficient (Wildman–Crippen LogP) is 5.44. The Kier molecular flexibility index (Phi) is 10.4. The van der Waals surface area contributed by atoms with Gasteiger partial charge in [-0.05, 0) is 30.0 Å². The molecule has 1 amide bonds. The molecule has 2 aromatic carbocycles. The van der Waals surface area contributed by atoms with Crippen LogP contribution >= 0.6 is 11.3 Å². The molecule has 206 valence electrons. The van der Waals surface area contributed by atoms with E-state index in [2.05, 4.69) is 0 Å². The highest BCUT2D eigenvalue weighted by atomic mass is 32.1. The van der Waals surface area contributed by atoms with Crippen molar-refractivity contribution in [3.05, 3.63) is 98.5 Å². The van der Waals surface area contributed by atoms with E-state index in [-0.39, 0.29) is 29.8 Å². The fourth-order valence-electron chi connectivity index (χ4n) is 4.72. The minimum Gasteiger partial charge on any atom is -0.462 e. The number of ether oxygens (including phenoxy) is 1. The Bertz CT molecular complexity index is 1440. The van der Waals surface area contributed by atoms with Gasteiger partial charge in [-0.1, -0.05) is 68.4 Å². The minimum absolute atomic E-state index is 0. The second-order valence-corrected chi connectivity index (χ2v) is 9.54. The summed E-state index contributed by atoms with van der Waals surface area (Å²) >= 11 is 1.43. The fourth-order valence-corrected chi connectivity index (χ4v) is 5.41. The van der Waals surface area contributed by atoms with E-state index in [1.165, 1.54) is 11.3 Å². The molecular weight excluding hydrogens is 512 g/mol. The number of rotatable bonds is 6. The van der Waals surface area contributed by atoms with E-state index in [9.17, 15) is 14.4 Å². The van der Waals surface area contributed by atoms with Gasteiger partial charge in [-0.25, -0.2) is 4.79 Å². The van der Waals surface area contributed by atoms with Gasteiger partial charge in [0.25, 0.3) is 11.5 Å². The lowest BCUT2D eigenvalue weighted by atomic mass is 10.1. The quantitative estimate of drug-likeness (QED) is 0.322. The zero-order valence-electron chi connectivity index (χ0n) is 22.8. The maximum atomic E-state index is 13.9. The summed E-state index contributed by atoms with van der Waals surface area (Å²) in [5.41, 5.74) is 1.98. The number of amides is 1. The monoisotopic (exact) mass is 548 g/mol. The molecule has 0 saturated carbocycles. The summed E-state index contributed by atoms with van der Waals surface area (Å²) in [6.45, 7) is 8.27. The number of carbonyl (C=O) groups excluding carboxylic acids is 2. The average molecular weight is 549 g/mol. The van der Waals surface area contributed by atoms with Gasteiger partial charge < -0.3 is 25.3 Å². The van der Waals surface area contributed by atoms with Crippen LogP contribution in [-0.2, 0) is 11.3 Å². The zero-order chi connectivity index (χ0) is 27.1. The summed E-state index contributed by atoms with van der Waals surface area (Å²) in [5, 5.41) is 2.71. The van der Waals surface area contributed by atoms with E-state index in [0.29, 0.717) is 43.3 Å². The van der Waals surface area contributed by atoms with E-state index < -0.39 is 5.97 Å². The van der Waals surface area contributed by atoms with Gasteiger partial charge in [0, 0.05) is 31.6 Å². The summed E-state index contributed by atoms with van der Waals surface area (Å²) in [4.78, 5) is 44.5. The van der Waals surface area contributed by atoms with Crippen molar-refractivity contribution in [2.24, 2.45) is 0 Å². The maximum Gasteiger partial charge on any atom is 0.345 e. The molecule has 0 unspecified atom stereocenters. The predicted molar refractivity (Wildman–Crippen MR) is 159 cm³/mol. The van der Waals surface area contributed by atoms with Gasteiger partial charge in [0.15, 0.2) is 0 Å². The lowest BCUT2D eigenvalue weighted by Crippen LogP contribution is -2.49. The molecule has 1 aliphatic heterocycles. The summed E-state index contributed by atoms with van der Waals surface area (Å²) in [6, 6.07) is 21.1. The van der Waals surface area contributed by atoms with Crippen molar-refractivity contribution in [3.8, 4) is 0 Å². The molecule has 0 bridgehead atoms. The minimum atomic E-state index is -0.623. The molecule has 1 aliphatic rings. The van der Waals surface area contributed by atoms with Crippen LogP contribution in [0.3, 0.4) is 0 Å². The molecular formula is C30H36N4O4S. The van der Waals surface area contributed by atoms with Crippen LogP contribution in [0, 0.1) is 0 Å². The summed E-state index contributed by atoms with van der Waals surface area (Å²) < 4.78 is 7.01. The summed E-state index contributed by atoms with van der Waals surface area (Å²) in [5.74, 6) is -0.611. The van der Waals surface area contributed by atoms with Crippen molar-refractivity contribution >= 4 is 39.8 Å². The first-order chi connectivity index (χ1) is 18.6. The molecule has 0 radical (unpaired) electrons. The third-order valence-electron chi connectivity index (χ3n) is 6.42. The number of anilines is 1. The number of carbonyl (C=O) groups is 2. The Morgan fingerprint density at radius 3 is 2.21 bits per heavy atom. The number of hydrogen-bond donors (Lipinski definition) is 1. The summed E-state index contributed by atoms with van der Waals surface area (Å²) in [6.07, 6.45) is 0.